The van der Waals surface area contributed by atoms with Crippen LogP contribution in [0.3, 0.4) is 0 Å². The number of likely N-dealkylation sites (tertiary alicyclic amines) is 1. The molecule has 0 saturated carbocycles. The van der Waals surface area contributed by atoms with Gasteiger partial charge in [-0.15, -0.1) is 0 Å². The maximum absolute atomic E-state index is 12.5. The summed E-state index contributed by atoms with van der Waals surface area (Å²) in [5.74, 6) is 0.947. The maximum Gasteiger partial charge on any atom is 0.253 e. The van der Waals surface area contributed by atoms with E-state index in [1.807, 2.05) is 24.0 Å². The number of carbonyl (C=O) groups excluding carboxylic acids is 2. The number of benzene rings is 2. The molecule has 7 nitrogen and oxygen atoms in total. The van der Waals surface area contributed by atoms with Crippen molar-refractivity contribution in [1.29, 1.82) is 0 Å². The maximum atomic E-state index is 12.5. The molecule has 0 unspecified atom stereocenters. The molecule has 2 heterocycles. The molecule has 1 fully saturated rings. The number of anilines is 2. The summed E-state index contributed by atoms with van der Waals surface area (Å²) in [5.41, 5.74) is 2.85. The normalized spacial score (nSPS) is 15.1. The third kappa shape index (κ3) is 4.46. The number of hydrogen-bond donors (Lipinski definition) is 2. The van der Waals surface area contributed by atoms with Gasteiger partial charge in [-0.1, -0.05) is 11.6 Å². The Balaban J connectivity index is 1.36. The topological polar surface area (TPSA) is 79.9 Å². The second-order valence-electron chi connectivity index (χ2n) is 7.41. The van der Waals surface area contributed by atoms with E-state index in [0.717, 1.165) is 37.2 Å². The van der Waals surface area contributed by atoms with Crippen LogP contribution in [-0.2, 0) is 4.79 Å². The minimum Gasteiger partial charge on any atom is -0.486 e. The zero-order valence-electron chi connectivity index (χ0n) is 16.8. The SMILES string of the molecule is Cc1cc(C(=O)N2CCCC2)ccc1NCC(=O)Nc1cc2c(cc1Cl)OCCO2. The van der Waals surface area contributed by atoms with Crippen molar-refractivity contribution in [3.05, 3.63) is 46.5 Å². The van der Waals surface area contributed by atoms with Crippen LogP contribution in [0.5, 0.6) is 11.5 Å². The van der Waals surface area contributed by atoms with Crippen molar-refractivity contribution in [1.82, 2.24) is 4.90 Å². The van der Waals surface area contributed by atoms with E-state index in [1.54, 1.807) is 18.2 Å². The fourth-order valence-electron chi connectivity index (χ4n) is 3.63. The molecule has 2 aliphatic rings. The molecular formula is C22H24ClN3O4. The Morgan fingerprint density at radius 3 is 2.43 bits per heavy atom. The third-order valence-corrected chi connectivity index (χ3v) is 5.52. The quantitative estimate of drug-likeness (QED) is 0.757. The second kappa shape index (κ2) is 8.83. The van der Waals surface area contributed by atoms with Crippen LogP contribution < -0.4 is 20.1 Å². The lowest BCUT2D eigenvalue weighted by Gasteiger charge is -2.20. The number of halogens is 1. The Bertz CT molecular complexity index is 973. The van der Waals surface area contributed by atoms with Gasteiger partial charge in [0, 0.05) is 36.5 Å². The Morgan fingerprint density at radius 2 is 1.73 bits per heavy atom. The summed E-state index contributed by atoms with van der Waals surface area (Å²) in [5, 5.41) is 6.28. The van der Waals surface area contributed by atoms with E-state index in [-0.39, 0.29) is 18.4 Å². The van der Waals surface area contributed by atoms with E-state index in [9.17, 15) is 9.59 Å². The van der Waals surface area contributed by atoms with E-state index in [4.69, 9.17) is 21.1 Å². The van der Waals surface area contributed by atoms with Gasteiger partial charge in [-0.05, 0) is 43.5 Å². The van der Waals surface area contributed by atoms with Crippen molar-refractivity contribution in [2.45, 2.75) is 19.8 Å². The highest BCUT2D eigenvalue weighted by Crippen LogP contribution is 2.37. The van der Waals surface area contributed by atoms with E-state index in [2.05, 4.69) is 10.6 Å². The molecule has 0 atom stereocenters. The lowest BCUT2D eigenvalue weighted by molar-refractivity contribution is -0.114. The molecule has 2 aromatic rings. The van der Waals surface area contributed by atoms with Crippen LogP contribution in [0.25, 0.3) is 0 Å². The van der Waals surface area contributed by atoms with Gasteiger partial charge in [0.1, 0.15) is 13.2 Å². The summed E-state index contributed by atoms with van der Waals surface area (Å²) in [6.07, 6.45) is 2.12. The first-order valence-corrected chi connectivity index (χ1v) is 10.4. The van der Waals surface area contributed by atoms with Crippen LogP contribution in [0.2, 0.25) is 5.02 Å². The highest BCUT2D eigenvalue weighted by Gasteiger charge is 2.20. The molecule has 1 saturated heterocycles. The monoisotopic (exact) mass is 429 g/mol. The summed E-state index contributed by atoms with van der Waals surface area (Å²) in [6, 6.07) is 8.80. The molecule has 8 heteroatoms. The highest BCUT2D eigenvalue weighted by molar-refractivity contribution is 6.34. The fourth-order valence-corrected chi connectivity index (χ4v) is 3.83. The molecule has 4 rings (SSSR count). The third-order valence-electron chi connectivity index (χ3n) is 5.21. The Hall–Kier alpha value is -2.93. The Labute approximate surface area is 180 Å². The van der Waals surface area contributed by atoms with E-state index in [0.29, 0.717) is 41.0 Å². The Kier molecular flexibility index (Phi) is 5.99. The standard InChI is InChI=1S/C22H24ClN3O4/c1-14-10-15(22(28)26-6-2-3-7-26)4-5-17(14)24-13-21(27)25-18-12-20-19(11-16(18)23)29-8-9-30-20/h4-5,10-12,24H,2-3,6-9,13H2,1H3,(H,25,27). The summed E-state index contributed by atoms with van der Waals surface area (Å²) in [7, 11) is 0. The first kappa shape index (κ1) is 20.3. The van der Waals surface area contributed by atoms with E-state index >= 15 is 0 Å². The van der Waals surface area contributed by atoms with Gasteiger partial charge < -0.3 is 25.0 Å². The van der Waals surface area contributed by atoms with Crippen molar-refractivity contribution >= 4 is 34.8 Å². The van der Waals surface area contributed by atoms with Gasteiger partial charge in [0.15, 0.2) is 11.5 Å². The van der Waals surface area contributed by atoms with Gasteiger partial charge in [0.25, 0.3) is 5.91 Å². The summed E-state index contributed by atoms with van der Waals surface area (Å²) in [4.78, 5) is 26.8. The van der Waals surface area contributed by atoms with Gasteiger partial charge >= 0.3 is 0 Å². The van der Waals surface area contributed by atoms with E-state index < -0.39 is 0 Å². The largest absolute Gasteiger partial charge is 0.486 e. The van der Waals surface area contributed by atoms with Gasteiger partial charge in [-0.2, -0.15) is 0 Å². The van der Waals surface area contributed by atoms with Gasteiger partial charge in [-0.3, -0.25) is 9.59 Å². The van der Waals surface area contributed by atoms with Crippen LogP contribution in [-0.4, -0.2) is 49.6 Å². The molecule has 2 aliphatic heterocycles. The zero-order chi connectivity index (χ0) is 21.1. The number of aryl methyl sites for hydroxylation is 1. The number of nitrogens with zero attached hydrogens (tertiary/aromatic N) is 1. The minimum atomic E-state index is -0.245. The molecule has 30 heavy (non-hydrogen) atoms. The lowest BCUT2D eigenvalue weighted by Crippen LogP contribution is -2.27. The molecule has 158 valence electrons. The number of rotatable bonds is 5. The van der Waals surface area contributed by atoms with Gasteiger partial charge in [0.05, 0.1) is 17.3 Å². The van der Waals surface area contributed by atoms with Crippen LogP contribution in [0.4, 0.5) is 11.4 Å². The summed E-state index contributed by atoms with van der Waals surface area (Å²) < 4.78 is 11.0. The fraction of sp³-hybridized carbons (Fsp3) is 0.364. The Morgan fingerprint density at radius 1 is 1.03 bits per heavy atom. The smallest absolute Gasteiger partial charge is 0.253 e. The average molecular weight is 430 g/mol. The number of hydrogen-bond acceptors (Lipinski definition) is 5. The molecule has 2 amide bonds. The first-order chi connectivity index (χ1) is 14.5. The molecule has 0 bridgehead atoms. The summed E-state index contributed by atoms with van der Waals surface area (Å²) >= 11 is 6.24. The van der Waals surface area contributed by atoms with Crippen LogP contribution in [0.15, 0.2) is 30.3 Å². The van der Waals surface area contributed by atoms with Gasteiger partial charge in [-0.25, -0.2) is 0 Å². The number of nitrogens with one attached hydrogen (secondary N) is 2. The molecule has 2 N–H and O–H groups in total. The minimum absolute atomic E-state index is 0.0605. The predicted molar refractivity (Wildman–Crippen MR) is 116 cm³/mol. The van der Waals surface area contributed by atoms with Crippen LogP contribution in [0.1, 0.15) is 28.8 Å². The number of carbonyl (C=O) groups is 2. The van der Waals surface area contributed by atoms with E-state index in [1.165, 1.54) is 0 Å². The number of amides is 2. The second-order valence-corrected chi connectivity index (χ2v) is 7.81. The van der Waals surface area contributed by atoms with Crippen molar-refractivity contribution in [2.75, 3.05) is 43.5 Å². The molecule has 0 spiro atoms. The average Bonchev–Trinajstić information content (AvgIpc) is 3.28. The molecule has 2 aromatic carbocycles. The highest BCUT2D eigenvalue weighted by atomic mass is 35.5. The van der Waals surface area contributed by atoms with Crippen molar-refractivity contribution in [3.63, 3.8) is 0 Å². The summed E-state index contributed by atoms with van der Waals surface area (Å²) in [6.45, 7) is 4.55. The number of fused-ring (bicyclic) bond motifs is 1. The number of ether oxygens (including phenoxy) is 2. The predicted octanol–water partition coefficient (Wildman–Crippen LogP) is 3.71. The van der Waals surface area contributed by atoms with Crippen LogP contribution >= 0.6 is 11.6 Å². The van der Waals surface area contributed by atoms with Crippen LogP contribution in [0, 0.1) is 6.92 Å². The molecule has 0 radical (unpaired) electrons. The van der Waals surface area contributed by atoms with Gasteiger partial charge in [0.2, 0.25) is 5.91 Å². The first-order valence-electron chi connectivity index (χ1n) is 10.0. The zero-order valence-corrected chi connectivity index (χ0v) is 17.6. The molecule has 0 aromatic heterocycles. The van der Waals surface area contributed by atoms with Crippen molar-refractivity contribution < 1.29 is 19.1 Å². The van der Waals surface area contributed by atoms with Crippen molar-refractivity contribution in [3.8, 4) is 11.5 Å². The molecular weight excluding hydrogens is 406 g/mol. The lowest BCUT2D eigenvalue weighted by atomic mass is 10.1. The molecule has 0 aliphatic carbocycles. The van der Waals surface area contributed by atoms with Crippen molar-refractivity contribution in [2.24, 2.45) is 0 Å².